The fourth-order valence-corrected chi connectivity index (χ4v) is 4.12. The molecule has 0 aliphatic heterocycles. The number of rotatable bonds is 10. The molecule has 3 unspecified atom stereocenters. The topological polar surface area (TPSA) is 87.7 Å². The van der Waals surface area contributed by atoms with E-state index >= 15 is 0 Å². The third-order valence-electron chi connectivity index (χ3n) is 5.91. The molecule has 37 heavy (non-hydrogen) atoms. The molecule has 2 rings (SSSR count). The van der Waals surface area contributed by atoms with E-state index in [-0.39, 0.29) is 30.3 Å². The van der Waals surface area contributed by atoms with Crippen LogP contribution in [-0.4, -0.2) is 46.5 Å². The molecular formula is C30H43N3O4. The summed E-state index contributed by atoms with van der Waals surface area (Å²) in [5, 5.41) is 5.79. The Morgan fingerprint density at radius 3 is 2.14 bits per heavy atom. The predicted octanol–water partition coefficient (Wildman–Crippen LogP) is 5.32. The van der Waals surface area contributed by atoms with Gasteiger partial charge in [-0.15, -0.1) is 0 Å². The van der Waals surface area contributed by atoms with E-state index in [0.717, 1.165) is 16.7 Å². The van der Waals surface area contributed by atoms with E-state index in [0.29, 0.717) is 6.42 Å². The number of nitrogens with one attached hydrogen (secondary N) is 2. The number of amides is 3. The van der Waals surface area contributed by atoms with Crippen molar-refractivity contribution in [1.82, 2.24) is 15.5 Å². The van der Waals surface area contributed by atoms with Crippen LogP contribution < -0.4 is 10.6 Å². The van der Waals surface area contributed by atoms with Crippen molar-refractivity contribution < 1.29 is 19.1 Å². The molecule has 0 saturated carbocycles. The fraction of sp³-hybridized carbons (Fsp3) is 0.500. The second-order valence-electron chi connectivity index (χ2n) is 10.9. The van der Waals surface area contributed by atoms with Crippen molar-refractivity contribution in [2.24, 2.45) is 0 Å². The molecule has 0 heterocycles. The molecule has 3 amide bonds. The van der Waals surface area contributed by atoms with Crippen molar-refractivity contribution in [3.63, 3.8) is 0 Å². The molecule has 7 nitrogen and oxygen atoms in total. The molecule has 3 atom stereocenters. The minimum Gasteiger partial charge on any atom is -0.444 e. The standard InChI is InChI=1S/C30H43N3O4/c1-9-22(5)33(26(27(34)31-20(2)3)24-17-13-14-21(4)18-24)28(35)25(19-23-15-11-10-12-16-23)32-29(36)37-30(6,7)8/h10-18,20,22,25-26H,9,19H2,1-8H3,(H,31,34)(H,32,36). The Hall–Kier alpha value is -3.35. The zero-order valence-corrected chi connectivity index (χ0v) is 23.5. The molecule has 0 saturated heterocycles. The average Bonchev–Trinajstić information content (AvgIpc) is 2.80. The van der Waals surface area contributed by atoms with Crippen LogP contribution in [0.2, 0.25) is 0 Å². The third-order valence-corrected chi connectivity index (χ3v) is 5.91. The number of hydrogen-bond acceptors (Lipinski definition) is 4. The Morgan fingerprint density at radius 2 is 1.59 bits per heavy atom. The maximum Gasteiger partial charge on any atom is 0.408 e. The van der Waals surface area contributed by atoms with Gasteiger partial charge in [-0.25, -0.2) is 4.79 Å². The van der Waals surface area contributed by atoms with Gasteiger partial charge in [-0.2, -0.15) is 0 Å². The van der Waals surface area contributed by atoms with Crippen LogP contribution in [0.1, 0.15) is 77.6 Å². The summed E-state index contributed by atoms with van der Waals surface area (Å²) < 4.78 is 5.48. The van der Waals surface area contributed by atoms with Crippen molar-refractivity contribution in [3.8, 4) is 0 Å². The van der Waals surface area contributed by atoms with Crippen molar-refractivity contribution in [3.05, 3.63) is 71.3 Å². The van der Waals surface area contributed by atoms with Crippen LogP contribution >= 0.6 is 0 Å². The zero-order valence-electron chi connectivity index (χ0n) is 23.5. The van der Waals surface area contributed by atoms with Crippen molar-refractivity contribution in [1.29, 1.82) is 0 Å². The molecule has 2 aromatic rings. The SMILES string of the molecule is CCC(C)N(C(=O)C(Cc1ccccc1)NC(=O)OC(C)(C)C)C(C(=O)NC(C)C)c1cccc(C)c1. The highest BCUT2D eigenvalue weighted by Crippen LogP contribution is 2.27. The van der Waals surface area contributed by atoms with Crippen LogP contribution in [0, 0.1) is 6.92 Å². The van der Waals surface area contributed by atoms with Crippen LogP contribution in [0.3, 0.4) is 0 Å². The largest absolute Gasteiger partial charge is 0.444 e. The molecule has 2 N–H and O–H groups in total. The molecular weight excluding hydrogens is 466 g/mol. The lowest BCUT2D eigenvalue weighted by Crippen LogP contribution is -2.56. The van der Waals surface area contributed by atoms with Gasteiger partial charge in [-0.05, 0) is 66.0 Å². The van der Waals surface area contributed by atoms with Crippen LogP contribution in [0.4, 0.5) is 4.79 Å². The first-order valence-electron chi connectivity index (χ1n) is 13.0. The monoisotopic (exact) mass is 509 g/mol. The first-order valence-corrected chi connectivity index (χ1v) is 13.0. The number of carbonyl (C=O) groups is 3. The Kier molecular flexibility index (Phi) is 10.7. The second kappa shape index (κ2) is 13.3. The molecule has 7 heteroatoms. The second-order valence-corrected chi connectivity index (χ2v) is 10.9. The number of aryl methyl sites for hydroxylation is 1. The van der Waals surface area contributed by atoms with Crippen molar-refractivity contribution in [2.75, 3.05) is 0 Å². The Bertz CT molecular complexity index is 1050. The van der Waals surface area contributed by atoms with Gasteiger partial charge in [0.15, 0.2) is 0 Å². The van der Waals surface area contributed by atoms with Gasteiger partial charge in [0.1, 0.15) is 17.7 Å². The number of ether oxygens (including phenoxy) is 1. The maximum atomic E-state index is 14.3. The highest BCUT2D eigenvalue weighted by Gasteiger charge is 2.38. The van der Waals surface area contributed by atoms with Crippen LogP contribution in [-0.2, 0) is 20.7 Å². The van der Waals surface area contributed by atoms with Crippen LogP contribution in [0.15, 0.2) is 54.6 Å². The van der Waals surface area contributed by atoms with Crippen molar-refractivity contribution >= 4 is 17.9 Å². The summed E-state index contributed by atoms with van der Waals surface area (Å²) in [5.74, 6) is -0.598. The summed E-state index contributed by atoms with van der Waals surface area (Å²) in [6.45, 7) is 15.0. The van der Waals surface area contributed by atoms with E-state index in [1.54, 1.807) is 25.7 Å². The van der Waals surface area contributed by atoms with Gasteiger partial charge in [-0.1, -0.05) is 67.1 Å². The molecule has 0 radical (unpaired) electrons. The summed E-state index contributed by atoms with van der Waals surface area (Å²) in [6.07, 6.45) is 0.218. The molecule has 0 fully saturated rings. The first-order chi connectivity index (χ1) is 17.3. The summed E-state index contributed by atoms with van der Waals surface area (Å²) in [7, 11) is 0. The number of alkyl carbamates (subject to hydrolysis) is 1. The molecule has 202 valence electrons. The minimum atomic E-state index is -0.926. The lowest BCUT2D eigenvalue weighted by Gasteiger charge is -2.38. The smallest absolute Gasteiger partial charge is 0.408 e. The van der Waals surface area contributed by atoms with E-state index in [4.69, 9.17) is 4.74 Å². The number of carbonyl (C=O) groups excluding carboxylic acids is 3. The summed E-state index contributed by atoms with van der Waals surface area (Å²) in [6, 6.07) is 15.0. The highest BCUT2D eigenvalue weighted by molar-refractivity contribution is 5.92. The van der Waals surface area contributed by atoms with E-state index in [2.05, 4.69) is 10.6 Å². The van der Waals surface area contributed by atoms with Crippen molar-refractivity contribution in [2.45, 2.75) is 98.0 Å². The quantitative estimate of drug-likeness (QED) is 0.454. The third kappa shape index (κ3) is 9.23. The molecule has 0 aromatic heterocycles. The zero-order chi connectivity index (χ0) is 27.8. The summed E-state index contributed by atoms with van der Waals surface area (Å²) >= 11 is 0. The Morgan fingerprint density at radius 1 is 0.946 bits per heavy atom. The Labute approximate surface area is 222 Å². The number of nitrogens with zero attached hydrogens (tertiary/aromatic N) is 1. The van der Waals surface area contributed by atoms with Crippen LogP contribution in [0.5, 0.6) is 0 Å². The van der Waals surface area contributed by atoms with E-state index in [1.165, 1.54) is 0 Å². The van der Waals surface area contributed by atoms with Gasteiger partial charge in [0.25, 0.3) is 0 Å². The van der Waals surface area contributed by atoms with Gasteiger partial charge in [-0.3, -0.25) is 9.59 Å². The highest BCUT2D eigenvalue weighted by atomic mass is 16.6. The normalized spacial score (nSPS) is 13.9. The first kappa shape index (κ1) is 29.9. The molecule has 0 aliphatic carbocycles. The fourth-order valence-electron chi connectivity index (χ4n) is 4.12. The lowest BCUT2D eigenvalue weighted by molar-refractivity contribution is -0.145. The van der Waals surface area contributed by atoms with Crippen LogP contribution in [0.25, 0.3) is 0 Å². The van der Waals surface area contributed by atoms with Gasteiger partial charge in [0, 0.05) is 18.5 Å². The molecule has 0 spiro atoms. The van der Waals surface area contributed by atoms with E-state index in [1.807, 2.05) is 89.2 Å². The maximum absolute atomic E-state index is 14.3. The van der Waals surface area contributed by atoms with Gasteiger partial charge < -0.3 is 20.3 Å². The molecule has 2 aromatic carbocycles. The number of hydrogen-bond donors (Lipinski definition) is 2. The summed E-state index contributed by atoms with van der Waals surface area (Å²) in [4.78, 5) is 42.3. The molecule has 0 aliphatic rings. The average molecular weight is 510 g/mol. The molecule has 0 bridgehead atoms. The minimum absolute atomic E-state index is 0.103. The van der Waals surface area contributed by atoms with Gasteiger partial charge in [0.05, 0.1) is 0 Å². The number of benzene rings is 2. The van der Waals surface area contributed by atoms with E-state index in [9.17, 15) is 14.4 Å². The van der Waals surface area contributed by atoms with Gasteiger partial charge in [0.2, 0.25) is 11.8 Å². The predicted molar refractivity (Wildman–Crippen MR) is 147 cm³/mol. The Balaban J connectivity index is 2.57. The van der Waals surface area contributed by atoms with E-state index < -0.39 is 23.8 Å². The summed E-state index contributed by atoms with van der Waals surface area (Å²) in [5.41, 5.74) is 1.88. The lowest BCUT2D eigenvalue weighted by atomic mass is 9.97. The van der Waals surface area contributed by atoms with Gasteiger partial charge >= 0.3 is 6.09 Å².